The van der Waals surface area contributed by atoms with Crippen molar-refractivity contribution in [3.05, 3.63) is 59.7 Å². The highest BCUT2D eigenvalue weighted by Gasteiger charge is 2.20. The SMILES string of the molecule is CCc1ccccc1N(CCC(=O)Nc1ccc(C(C)C)cc1)S(C)(=O)=O. The molecule has 0 saturated carbocycles. The Bertz CT molecular complexity index is 875. The lowest BCUT2D eigenvalue weighted by Gasteiger charge is -2.24. The second-order valence-corrected chi connectivity index (χ2v) is 8.80. The minimum atomic E-state index is -3.48. The first-order valence-corrected chi connectivity index (χ1v) is 11.0. The van der Waals surface area contributed by atoms with Crippen LogP contribution in [0.15, 0.2) is 48.5 Å². The van der Waals surface area contributed by atoms with Gasteiger partial charge in [0.15, 0.2) is 0 Å². The number of para-hydroxylation sites is 1. The number of rotatable bonds is 8. The number of amides is 1. The minimum Gasteiger partial charge on any atom is -0.326 e. The Balaban J connectivity index is 2.07. The fourth-order valence-corrected chi connectivity index (χ4v) is 3.85. The lowest BCUT2D eigenvalue weighted by atomic mass is 10.0. The first kappa shape index (κ1) is 21.0. The highest BCUT2D eigenvalue weighted by atomic mass is 32.2. The Labute approximate surface area is 162 Å². The Kier molecular flexibility index (Phi) is 7.02. The van der Waals surface area contributed by atoms with E-state index in [0.29, 0.717) is 17.3 Å². The molecule has 0 aliphatic rings. The molecule has 2 aromatic rings. The summed E-state index contributed by atoms with van der Waals surface area (Å²) in [7, 11) is -3.48. The zero-order chi connectivity index (χ0) is 20.0. The van der Waals surface area contributed by atoms with Crippen molar-refractivity contribution in [1.82, 2.24) is 0 Å². The maximum Gasteiger partial charge on any atom is 0.232 e. The number of sulfonamides is 1. The van der Waals surface area contributed by atoms with Crippen molar-refractivity contribution in [2.75, 3.05) is 22.4 Å². The van der Waals surface area contributed by atoms with Crippen LogP contribution in [0, 0.1) is 0 Å². The Morgan fingerprint density at radius 1 is 1.07 bits per heavy atom. The smallest absolute Gasteiger partial charge is 0.232 e. The van der Waals surface area contributed by atoms with Crippen LogP contribution in [0.5, 0.6) is 0 Å². The summed E-state index contributed by atoms with van der Waals surface area (Å²) in [5.74, 6) is 0.214. The summed E-state index contributed by atoms with van der Waals surface area (Å²) in [6, 6.07) is 15.1. The van der Waals surface area contributed by atoms with Crippen molar-refractivity contribution >= 4 is 27.3 Å². The summed E-state index contributed by atoms with van der Waals surface area (Å²) in [6.45, 7) is 6.31. The van der Waals surface area contributed by atoms with E-state index in [1.807, 2.05) is 49.4 Å². The number of nitrogens with zero attached hydrogens (tertiary/aromatic N) is 1. The molecular weight excluding hydrogens is 360 g/mol. The molecule has 0 saturated heterocycles. The molecule has 0 heterocycles. The molecule has 0 aromatic heterocycles. The van der Waals surface area contributed by atoms with E-state index in [1.165, 1.54) is 16.1 Å². The topological polar surface area (TPSA) is 66.5 Å². The fourth-order valence-electron chi connectivity index (χ4n) is 2.90. The normalized spacial score (nSPS) is 11.4. The average molecular weight is 389 g/mol. The molecule has 0 unspecified atom stereocenters. The molecule has 0 atom stereocenters. The van der Waals surface area contributed by atoms with E-state index >= 15 is 0 Å². The molecule has 6 heteroatoms. The third-order valence-corrected chi connectivity index (χ3v) is 5.62. The van der Waals surface area contributed by atoms with Gasteiger partial charge in [0.2, 0.25) is 15.9 Å². The minimum absolute atomic E-state index is 0.0804. The van der Waals surface area contributed by atoms with E-state index < -0.39 is 10.0 Å². The third kappa shape index (κ3) is 5.82. The van der Waals surface area contributed by atoms with E-state index in [9.17, 15) is 13.2 Å². The van der Waals surface area contributed by atoms with Crippen molar-refractivity contribution in [2.45, 2.75) is 39.5 Å². The molecule has 5 nitrogen and oxygen atoms in total. The van der Waals surface area contributed by atoms with Gasteiger partial charge < -0.3 is 5.32 Å². The van der Waals surface area contributed by atoms with Crippen molar-refractivity contribution in [3.63, 3.8) is 0 Å². The lowest BCUT2D eigenvalue weighted by molar-refractivity contribution is -0.116. The van der Waals surface area contributed by atoms with E-state index in [-0.39, 0.29) is 18.9 Å². The first-order chi connectivity index (χ1) is 12.7. The van der Waals surface area contributed by atoms with Crippen LogP contribution in [0.2, 0.25) is 0 Å². The standard InChI is InChI=1S/C21H28N2O3S/c1-5-17-8-6-7-9-20(17)23(27(4,25)26)15-14-21(24)22-19-12-10-18(11-13-19)16(2)3/h6-13,16H,5,14-15H2,1-4H3,(H,22,24). The quantitative estimate of drug-likeness (QED) is 0.738. The van der Waals surface area contributed by atoms with Crippen LogP contribution in [-0.2, 0) is 21.2 Å². The molecule has 1 N–H and O–H groups in total. The second-order valence-electron chi connectivity index (χ2n) is 6.89. The number of aryl methyl sites for hydroxylation is 1. The van der Waals surface area contributed by atoms with Crippen LogP contribution in [0.1, 0.15) is 44.2 Å². The zero-order valence-corrected chi connectivity index (χ0v) is 17.2. The first-order valence-electron chi connectivity index (χ1n) is 9.17. The molecule has 0 radical (unpaired) electrons. The third-order valence-electron chi connectivity index (χ3n) is 4.44. The van der Waals surface area contributed by atoms with Crippen molar-refractivity contribution in [2.24, 2.45) is 0 Å². The van der Waals surface area contributed by atoms with Gasteiger partial charge >= 0.3 is 0 Å². The molecule has 0 spiro atoms. The average Bonchev–Trinajstić information content (AvgIpc) is 2.61. The highest BCUT2D eigenvalue weighted by Crippen LogP contribution is 2.24. The van der Waals surface area contributed by atoms with Gasteiger partial charge in [0.1, 0.15) is 0 Å². The zero-order valence-electron chi connectivity index (χ0n) is 16.4. The van der Waals surface area contributed by atoms with Crippen LogP contribution in [0.4, 0.5) is 11.4 Å². The number of anilines is 2. The van der Waals surface area contributed by atoms with Crippen LogP contribution in [-0.4, -0.2) is 27.1 Å². The lowest BCUT2D eigenvalue weighted by Crippen LogP contribution is -2.33. The highest BCUT2D eigenvalue weighted by molar-refractivity contribution is 7.92. The number of hydrogen-bond donors (Lipinski definition) is 1. The summed E-state index contributed by atoms with van der Waals surface area (Å²) in [6.07, 6.45) is 1.97. The second kappa shape index (κ2) is 9.04. The monoisotopic (exact) mass is 388 g/mol. The van der Waals surface area contributed by atoms with Gasteiger partial charge in [-0.05, 0) is 41.7 Å². The predicted octanol–water partition coefficient (Wildman–Crippen LogP) is 4.17. The fraction of sp³-hybridized carbons (Fsp3) is 0.381. The van der Waals surface area contributed by atoms with Gasteiger partial charge in [0, 0.05) is 18.7 Å². The van der Waals surface area contributed by atoms with Crippen molar-refractivity contribution < 1.29 is 13.2 Å². The molecule has 27 heavy (non-hydrogen) atoms. The van der Waals surface area contributed by atoms with E-state index in [0.717, 1.165) is 12.0 Å². The Morgan fingerprint density at radius 2 is 1.70 bits per heavy atom. The molecule has 2 rings (SSSR count). The largest absolute Gasteiger partial charge is 0.326 e. The van der Waals surface area contributed by atoms with Gasteiger partial charge in [-0.3, -0.25) is 9.10 Å². The number of hydrogen-bond acceptors (Lipinski definition) is 3. The van der Waals surface area contributed by atoms with Gasteiger partial charge in [-0.15, -0.1) is 0 Å². The molecule has 0 aliphatic carbocycles. The maximum absolute atomic E-state index is 12.3. The summed E-state index contributed by atoms with van der Waals surface area (Å²) >= 11 is 0. The van der Waals surface area contributed by atoms with E-state index in [2.05, 4.69) is 19.2 Å². The molecule has 0 bridgehead atoms. The van der Waals surface area contributed by atoms with Gasteiger partial charge in [0.25, 0.3) is 0 Å². The maximum atomic E-state index is 12.3. The van der Waals surface area contributed by atoms with Gasteiger partial charge in [-0.25, -0.2) is 8.42 Å². The summed E-state index contributed by atoms with van der Waals surface area (Å²) in [4.78, 5) is 12.3. The van der Waals surface area contributed by atoms with Crippen LogP contribution in [0.3, 0.4) is 0 Å². The molecule has 1 amide bonds. The summed E-state index contributed by atoms with van der Waals surface area (Å²) < 4.78 is 25.8. The number of nitrogens with one attached hydrogen (secondary N) is 1. The Hall–Kier alpha value is -2.34. The Morgan fingerprint density at radius 3 is 2.26 bits per heavy atom. The molecule has 0 fully saturated rings. The number of carbonyl (C=O) groups is 1. The number of carbonyl (C=O) groups excluding carboxylic acids is 1. The molecule has 0 aliphatic heterocycles. The summed E-state index contributed by atoms with van der Waals surface area (Å²) in [5, 5.41) is 2.83. The molecule has 2 aromatic carbocycles. The van der Waals surface area contributed by atoms with Gasteiger partial charge in [-0.1, -0.05) is 51.1 Å². The van der Waals surface area contributed by atoms with E-state index in [1.54, 1.807) is 6.07 Å². The predicted molar refractivity (Wildman–Crippen MR) is 112 cm³/mol. The summed E-state index contributed by atoms with van der Waals surface area (Å²) in [5.41, 5.74) is 3.49. The van der Waals surface area contributed by atoms with Crippen LogP contribution >= 0.6 is 0 Å². The van der Waals surface area contributed by atoms with Crippen molar-refractivity contribution in [1.29, 1.82) is 0 Å². The van der Waals surface area contributed by atoms with Crippen molar-refractivity contribution in [3.8, 4) is 0 Å². The van der Waals surface area contributed by atoms with E-state index in [4.69, 9.17) is 0 Å². The molecule has 146 valence electrons. The number of benzene rings is 2. The van der Waals surface area contributed by atoms with Crippen LogP contribution < -0.4 is 9.62 Å². The van der Waals surface area contributed by atoms with Gasteiger partial charge in [0.05, 0.1) is 11.9 Å². The van der Waals surface area contributed by atoms with Gasteiger partial charge in [-0.2, -0.15) is 0 Å². The molecular formula is C21H28N2O3S. The van der Waals surface area contributed by atoms with Crippen LogP contribution in [0.25, 0.3) is 0 Å².